The first-order chi connectivity index (χ1) is 13.7. The lowest BCUT2D eigenvalue weighted by molar-refractivity contribution is -0.116. The molecule has 1 saturated heterocycles. The van der Waals surface area contributed by atoms with E-state index in [1.54, 1.807) is 6.07 Å². The third kappa shape index (κ3) is 4.60. The molecule has 0 radical (unpaired) electrons. The maximum Gasteiger partial charge on any atom is 0.255 e. The van der Waals surface area contributed by atoms with Gasteiger partial charge in [0.2, 0.25) is 5.91 Å². The minimum atomic E-state index is -0.123. The van der Waals surface area contributed by atoms with Crippen molar-refractivity contribution in [1.29, 1.82) is 0 Å². The first-order valence-electron chi connectivity index (χ1n) is 10.2. The number of aryl methyl sites for hydroxylation is 1. The molecule has 4 rings (SSSR count). The van der Waals surface area contributed by atoms with Crippen molar-refractivity contribution in [2.75, 3.05) is 23.7 Å². The van der Waals surface area contributed by atoms with Crippen molar-refractivity contribution in [1.82, 2.24) is 4.90 Å². The maximum atomic E-state index is 12.6. The highest BCUT2D eigenvalue weighted by molar-refractivity contribution is 6.05. The van der Waals surface area contributed by atoms with Crippen molar-refractivity contribution in [3.8, 4) is 0 Å². The van der Waals surface area contributed by atoms with Gasteiger partial charge in [0.05, 0.1) is 0 Å². The van der Waals surface area contributed by atoms with Gasteiger partial charge in [0.25, 0.3) is 5.91 Å². The molecule has 2 aliphatic rings. The van der Waals surface area contributed by atoms with Crippen LogP contribution in [-0.2, 0) is 17.8 Å². The van der Waals surface area contributed by atoms with Gasteiger partial charge in [-0.25, -0.2) is 0 Å². The summed E-state index contributed by atoms with van der Waals surface area (Å²) >= 11 is 0. The lowest BCUT2D eigenvalue weighted by Gasteiger charge is -2.26. The molecule has 28 heavy (non-hydrogen) atoms. The Labute approximate surface area is 166 Å². The number of piperidine rings is 1. The van der Waals surface area contributed by atoms with Crippen molar-refractivity contribution in [2.24, 2.45) is 0 Å². The van der Waals surface area contributed by atoms with Gasteiger partial charge in [0.1, 0.15) is 0 Å². The number of likely N-dealkylation sites (tertiary alicyclic amines) is 1. The summed E-state index contributed by atoms with van der Waals surface area (Å²) in [6.45, 7) is 3.33. The number of carbonyl (C=O) groups excluding carboxylic acids is 2. The van der Waals surface area contributed by atoms with Crippen LogP contribution in [0.25, 0.3) is 0 Å². The monoisotopic (exact) mass is 377 g/mol. The fraction of sp³-hybridized carbons (Fsp3) is 0.391. The zero-order valence-corrected chi connectivity index (χ0v) is 16.2. The standard InChI is InChI=1S/C23H27N3O2/c27-22-6-4-5-18-15-19(9-12-21(18)25-22)23(28)24-20-10-7-17(8-11-20)16-26-13-2-1-3-14-26/h7-12,15H,1-6,13-14,16H2,(H,24,28)(H,25,27). The van der Waals surface area contributed by atoms with Crippen molar-refractivity contribution < 1.29 is 9.59 Å². The second kappa shape index (κ2) is 8.57. The summed E-state index contributed by atoms with van der Waals surface area (Å²) in [4.78, 5) is 26.8. The van der Waals surface area contributed by atoms with E-state index in [1.165, 1.54) is 37.9 Å². The molecule has 2 aromatic rings. The van der Waals surface area contributed by atoms with E-state index in [0.717, 1.165) is 36.3 Å². The SMILES string of the molecule is O=C1CCCc2cc(C(=O)Nc3ccc(CN4CCCCC4)cc3)ccc2N1. The predicted molar refractivity (Wildman–Crippen MR) is 112 cm³/mol. The van der Waals surface area contributed by atoms with E-state index in [2.05, 4.69) is 27.7 Å². The van der Waals surface area contributed by atoms with Gasteiger partial charge < -0.3 is 10.6 Å². The number of nitrogens with one attached hydrogen (secondary N) is 2. The number of rotatable bonds is 4. The number of benzene rings is 2. The highest BCUT2D eigenvalue weighted by atomic mass is 16.2. The van der Waals surface area contributed by atoms with Crippen LogP contribution in [0.1, 0.15) is 53.6 Å². The first-order valence-corrected chi connectivity index (χ1v) is 10.2. The normalized spacial score (nSPS) is 17.4. The maximum absolute atomic E-state index is 12.6. The van der Waals surface area contributed by atoms with Gasteiger partial charge in [0.15, 0.2) is 0 Å². The number of amides is 2. The Morgan fingerprint density at radius 3 is 2.54 bits per heavy atom. The van der Waals surface area contributed by atoms with Crippen LogP contribution >= 0.6 is 0 Å². The van der Waals surface area contributed by atoms with Crippen LogP contribution in [0.5, 0.6) is 0 Å². The topological polar surface area (TPSA) is 61.4 Å². The van der Waals surface area contributed by atoms with Crippen molar-refractivity contribution in [3.05, 3.63) is 59.2 Å². The second-order valence-corrected chi connectivity index (χ2v) is 7.76. The van der Waals surface area contributed by atoms with Crippen LogP contribution in [-0.4, -0.2) is 29.8 Å². The quantitative estimate of drug-likeness (QED) is 0.839. The fourth-order valence-electron chi connectivity index (χ4n) is 3.99. The number of anilines is 2. The molecule has 2 heterocycles. The summed E-state index contributed by atoms with van der Waals surface area (Å²) < 4.78 is 0. The van der Waals surface area contributed by atoms with Gasteiger partial charge in [0, 0.05) is 29.9 Å². The minimum Gasteiger partial charge on any atom is -0.326 e. The van der Waals surface area contributed by atoms with Crippen molar-refractivity contribution in [3.63, 3.8) is 0 Å². The molecule has 0 unspecified atom stereocenters. The van der Waals surface area contributed by atoms with Crippen LogP contribution in [0.4, 0.5) is 11.4 Å². The molecule has 2 N–H and O–H groups in total. The molecule has 5 nitrogen and oxygen atoms in total. The minimum absolute atomic E-state index is 0.0422. The van der Waals surface area contributed by atoms with E-state index in [9.17, 15) is 9.59 Å². The summed E-state index contributed by atoms with van der Waals surface area (Å²) in [6.07, 6.45) is 6.07. The van der Waals surface area contributed by atoms with Crippen LogP contribution in [0.2, 0.25) is 0 Å². The largest absolute Gasteiger partial charge is 0.326 e. The highest BCUT2D eigenvalue weighted by Crippen LogP contribution is 2.24. The van der Waals surface area contributed by atoms with Crippen LogP contribution < -0.4 is 10.6 Å². The Bertz CT molecular complexity index is 855. The van der Waals surface area contributed by atoms with Crippen molar-refractivity contribution >= 4 is 23.2 Å². The molecule has 1 fully saturated rings. The van der Waals surface area contributed by atoms with Gasteiger partial charge in [-0.1, -0.05) is 18.6 Å². The molecule has 0 saturated carbocycles. The van der Waals surface area contributed by atoms with Crippen LogP contribution in [0, 0.1) is 0 Å². The van der Waals surface area contributed by atoms with E-state index in [4.69, 9.17) is 0 Å². The molecule has 0 atom stereocenters. The Morgan fingerprint density at radius 1 is 0.964 bits per heavy atom. The van der Waals surface area contributed by atoms with E-state index in [1.807, 2.05) is 24.3 Å². The summed E-state index contributed by atoms with van der Waals surface area (Å²) in [6, 6.07) is 13.6. The Morgan fingerprint density at radius 2 is 1.75 bits per heavy atom. The summed E-state index contributed by atoms with van der Waals surface area (Å²) in [5, 5.41) is 5.88. The molecule has 5 heteroatoms. The zero-order chi connectivity index (χ0) is 19.3. The molecule has 146 valence electrons. The van der Waals surface area contributed by atoms with Crippen LogP contribution in [0.3, 0.4) is 0 Å². The third-order valence-electron chi connectivity index (χ3n) is 5.56. The number of carbonyl (C=O) groups is 2. The lowest BCUT2D eigenvalue weighted by Crippen LogP contribution is -2.29. The summed E-state index contributed by atoms with van der Waals surface area (Å²) in [5.41, 5.74) is 4.54. The number of hydrogen-bond donors (Lipinski definition) is 2. The fourth-order valence-corrected chi connectivity index (χ4v) is 3.99. The lowest BCUT2D eigenvalue weighted by atomic mass is 10.0. The van der Waals surface area contributed by atoms with Crippen molar-refractivity contribution in [2.45, 2.75) is 45.1 Å². The van der Waals surface area contributed by atoms with Crippen LogP contribution in [0.15, 0.2) is 42.5 Å². The molecule has 0 spiro atoms. The molecule has 2 aromatic carbocycles. The highest BCUT2D eigenvalue weighted by Gasteiger charge is 2.15. The smallest absolute Gasteiger partial charge is 0.255 e. The summed E-state index contributed by atoms with van der Waals surface area (Å²) in [5.74, 6) is -0.0808. The van der Waals surface area contributed by atoms with Gasteiger partial charge in [-0.2, -0.15) is 0 Å². The van der Waals surface area contributed by atoms with Gasteiger partial charge in [-0.15, -0.1) is 0 Å². The van der Waals surface area contributed by atoms with E-state index >= 15 is 0 Å². The number of fused-ring (bicyclic) bond motifs is 1. The Kier molecular flexibility index (Phi) is 5.72. The zero-order valence-electron chi connectivity index (χ0n) is 16.2. The average molecular weight is 377 g/mol. The Balaban J connectivity index is 1.39. The molecular weight excluding hydrogens is 350 g/mol. The van der Waals surface area contributed by atoms with Gasteiger partial charge in [-0.05, 0) is 80.2 Å². The number of hydrogen-bond acceptors (Lipinski definition) is 3. The third-order valence-corrected chi connectivity index (χ3v) is 5.56. The molecule has 0 aromatic heterocycles. The van der Waals surface area contributed by atoms with E-state index in [-0.39, 0.29) is 11.8 Å². The van der Waals surface area contributed by atoms with E-state index in [0.29, 0.717) is 12.0 Å². The molecule has 2 amide bonds. The molecule has 0 aliphatic carbocycles. The van der Waals surface area contributed by atoms with Gasteiger partial charge >= 0.3 is 0 Å². The molecular formula is C23H27N3O2. The first kappa shape index (κ1) is 18.7. The van der Waals surface area contributed by atoms with Gasteiger partial charge in [-0.3, -0.25) is 14.5 Å². The molecule has 0 bridgehead atoms. The number of nitrogens with zero attached hydrogens (tertiary/aromatic N) is 1. The average Bonchev–Trinajstić information content (AvgIpc) is 2.90. The summed E-state index contributed by atoms with van der Waals surface area (Å²) in [7, 11) is 0. The Hall–Kier alpha value is -2.66. The molecule has 2 aliphatic heterocycles. The predicted octanol–water partition coefficient (Wildman–Crippen LogP) is 4.20. The van der Waals surface area contributed by atoms with E-state index < -0.39 is 0 Å². The second-order valence-electron chi connectivity index (χ2n) is 7.76.